The Morgan fingerprint density at radius 2 is 2.13 bits per heavy atom. The monoisotopic (exact) mass is 425 g/mol. The summed E-state index contributed by atoms with van der Waals surface area (Å²) >= 11 is 1.52. The number of rotatable bonds is 7. The first-order valence-electron chi connectivity index (χ1n) is 9.22. The predicted octanol–water partition coefficient (Wildman–Crippen LogP) is 2.84. The van der Waals surface area contributed by atoms with E-state index in [1.807, 2.05) is 31.4 Å². The molecule has 4 heterocycles. The van der Waals surface area contributed by atoms with Crippen molar-refractivity contribution in [2.45, 2.75) is 33.3 Å². The summed E-state index contributed by atoms with van der Waals surface area (Å²) in [5.41, 5.74) is 8.43. The number of ether oxygens (including phenoxy) is 1. The molecule has 0 aromatic carbocycles. The minimum atomic E-state index is -0.581. The number of amides is 1. The lowest BCUT2D eigenvalue weighted by atomic mass is 10.1. The Morgan fingerprint density at radius 1 is 1.30 bits per heavy atom. The van der Waals surface area contributed by atoms with Crippen molar-refractivity contribution in [2.75, 3.05) is 0 Å². The van der Waals surface area contributed by atoms with E-state index in [-0.39, 0.29) is 24.6 Å². The number of aromatic nitrogens is 4. The number of nitrogens with zero attached hydrogens (tertiary/aromatic N) is 4. The number of nitrogens with two attached hydrogens (primary N) is 1. The van der Waals surface area contributed by atoms with Gasteiger partial charge in [0.2, 0.25) is 5.89 Å². The molecule has 0 aliphatic rings. The van der Waals surface area contributed by atoms with Crippen molar-refractivity contribution in [1.29, 1.82) is 0 Å². The molecule has 154 valence electrons. The van der Waals surface area contributed by atoms with Crippen molar-refractivity contribution < 1.29 is 18.7 Å². The van der Waals surface area contributed by atoms with Gasteiger partial charge in [-0.1, -0.05) is 6.07 Å². The highest BCUT2D eigenvalue weighted by atomic mass is 32.1. The van der Waals surface area contributed by atoms with Gasteiger partial charge >= 0.3 is 5.97 Å². The van der Waals surface area contributed by atoms with Gasteiger partial charge in [-0.25, -0.2) is 14.5 Å². The van der Waals surface area contributed by atoms with E-state index in [9.17, 15) is 9.59 Å². The van der Waals surface area contributed by atoms with Gasteiger partial charge in [-0.05, 0) is 37.3 Å². The number of oxazole rings is 1. The maximum atomic E-state index is 12.2. The van der Waals surface area contributed by atoms with Crippen LogP contribution < -0.4 is 5.73 Å². The highest BCUT2D eigenvalue weighted by Crippen LogP contribution is 2.24. The summed E-state index contributed by atoms with van der Waals surface area (Å²) in [7, 11) is 0. The van der Waals surface area contributed by atoms with Gasteiger partial charge in [0.25, 0.3) is 5.91 Å². The number of hydrogen-bond donors (Lipinski definition) is 1. The molecule has 4 rings (SSSR count). The second-order valence-electron chi connectivity index (χ2n) is 6.69. The minimum Gasteiger partial charge on any atom is -0.457 e. The van der Waals surface area contributed by atoms with Crippen molar-refractivity contribution in [3.63, 3.8) is 0 Å². The molecule has 0 saturated carbocycles. The maximum absolute atomic E-state index is 12.2. The number of esters is 1. The van der Waals surface area contributed by atoms with Crippen LogP contribution in [0.15, 0.2) is 34.3 Å². The average Bonchev–Trinajstić information content (AvgIpc) is 3.45. The van der Waals surface area contributed by atoms with E-state index in [0.717, 1.165) is 16.1 Å². The number of carbonyl (C=O) groups is 2. The molecule has 0 bridgehead atoms. The van der Waals surface area contributed by atoms with Crippen molar-refractivity contribution in [3.8, 4) is 10.8 Å². The number of fused-ring (bicyclic) bond motifs is 1. The molecular weight excluding hydrogens is 406 g/mol. The maximum Gasteiger partial charge on any atom is 0.306 e. The van der Waals surface area contributed by atoms with E-state index in [4.69, 9.17) is 14.9 Å². The van der Waals surface area contributed by atoms with E-state index in [0.29, 0.717) is 29.4 Å². The fourth-order valence-electron chi connectivity index (χ4n) is 3.19. The second-order valence-corrected chi connectivity index (χ2v) is 7.64. The van der Waals surface area contributed by atoms with Gasteiger partial charge in [-0.2, -0.15) is 5.10 Å². The van der Waals surface area contributed by atoms with Gasteiger partial charge in [-0.3, -0.25) is 9.59 Å². The SMILES string of the molecule is Cc1nc2c(C(N)=O)cnn2c(C)c1CCC(=O)OCc1cnc(-c2cccs2)o1. The summed E-state index contributed by atoms with van der Waals surface area (Å²) < 4.78 is 12.5. The van der Waals surface area contributed by atoms with Crippen molar-refractivity contribution in [2.24, 2.45) is 5.73 Å². The molecule has 0 unspecified atom stereocenters. The van der Waals surface area contributed by atoms with E-state index in [2.05, 4.69) is 15.1 Å². The van der Waals surface area contributed by atoms with Crippen LogP contribution in [-0.4, -0.2) is 31.5 Å². The third-order valence-corrected chi connectivity index (χ3v) is 5.57. The first kappa shape index (κ1) is 19.8. The lowest BCUT2D eigenvalue weighted by Crippen LogP contribution is -2.13. The third kappa shape index (κ3) is 3.81. The molecule has 4 aromatic heterocycles. The number of aryl methyl sites for hydroxylation is 2. The number of primary amides is 1. The van der Waals surface area contributed by atoms with Crippen LogP contribution >= 0.6 is 11.3 Å². The highest BCUT2D eigenvalue weighted by Gasteiger charge is 2.17. The van der Waals surface area contributed by atoms with Crippen LogP contribution in [0.25, 0.3) is 16.4 Å². The Kier molecular flexibility index (Phi) is 5.32. The Bertz CT molecular complexity index is 1230. The van der Waals surface area contributed by atoms with Crippen molar-refractivity contribution >= 4 is 28.9 Å². The zero-order valence-electron chi connectivity index (χ0n) is 16.4. The Balaban J connectivity index is 1.39. The van der Waals surface area contributed by atoms with Crippen molar-refractivity contribution in [3.05, 3.63) is 58.2 Å². The van der Waals surface area contributed by atoms with Gasteiger partial charge in [0.1, 0.15) is 5.56 Å². The summed E-state index contributed by atoms with van der Waals surface area (Å²) in [5, 5.41) is 6.12. The highest BCUT2D eigenvalue weighted by molar-refractivity contribution is 7.13. The van der Waals surface area contributed by atoms with Crippen molar-refractivity contribution in [1.82, 2.24) is 19.6 Å². The van der Waals surface area contributed by atoms with Gasteiger partial charge in [0, 0.05) is 17.8 Å². The fraction of sp³-hybridized carbons (Fsp3) is 0.250. The Hall–Kier alpha value is -3.53. The van der Waals surface area contributed by atoms with Gasteiger partial charge in [0.05, 0.1) is 17.3 Å². The number of thiophene rings is 1. The molecule has 1 amide bonds. The third-order valence-electron chi connectivity index (χ3n) is 4.71. The Labute approximate surface area is 175 Å². The molecule has 9 nitrogen and oxygen atoms in total. The van der Waals surface area contributed by atoms with E-state index < -0.39 is 5.91 Å². The standard InChI is InChI=1S/C20H19N5O4S/c1-11-14(12(2)25-19(24-11)15(9-23-25)18(21)27)5-6-17(26)28-10-13-8-22-20(29-13)16-4-3-7-30-16/h3-4,7-9H,5-6,10H2,1-2H3,(H2,21,27). The first-order chi connectivity index (χ1) is 14.4. The number of carbonyl (C=O) groups excluding carboxylic acids is 2. The van der Waals surface area contributed by atoms with Crippen LogP contribution in [0.3, 0.4) is 0 Å². The molecule has 0 aliphatic heterocycles. The quantitative estimate of drug-likeness (QED) is 0.451. The molecule has 30 heavy (non-hydrogen) atoms. The smallest absolute Gasteiger partial charge is 0.306 e. The lowest BCUT2D eigenvalue weighted by molar-refractivity contribution is -0.145. The van der Waals surface area contributed by atoms with Gasteiger partial charge in [0.15, 0.2) is 18.0 Å². The van der Waals surface area contributed by atoms with Gasteiger partial charge in [-0.15, -0.1) is 11.3 Å². The summed E-state index contributed by atoms with van der Waals surface area (Å²) in [6.07, 6.45) is 3.56. The molecule has 4 aromatic rings. The van der Waals surface area contributed by atoms with E-state index in [1.165, 1.54) is 17.5 Å². The normalized spacial score (nSPS) is 11.1. The minimum absolute atomic E-state index is 0.0214. The largest absolute Gasteiger partial charge is 0.457 e. The fourth-order valence-corrected chi connectivity index (χ4v) is 3.84. The number of hydrogen-bond acceptors (Lipinski definition) is 8. The van der Waals surface area contributed by atoms with E-state index in [1.54, 1.807) is 10.7 Å². The molecule has 2 N–H and O–H groups in total. The summed E-state index contributed by atoms with van der Waals surface area (Å²) in [6.45, 7) is 3.71. The zero-order chi connectivity index (χ0) is 21.3. The topological polar surface area (TPSA) is 126 Å². The predicted molar refractivity (Wildman–Crippen MR) is 109 cm³/mol. The first-order valence-corrected chi connectivity index (χ1v) is 10.1. The van der Waals surface area contributed by atoms with Crippen LogP contribution in [0.5, 0.6) is 0 Å². The zero-order valence-corrected chi connectivity index (χ0v) is 17.2. The molecule has 0 atom stereocenters. The van der Waals surface area contributed by atoms with Gasteiger partial charge < -0.3 is 14.9 Å². The van der Waals surface area contributed by atoms with Crippen LogP contribution in [0.4, 0.5) is 0 Å². The summed E-state index contributed by atoms with van der Waals surface area (Å²) in [4.78, 5) is 33.3. The van der Waals surface area contributed by atoms with Crippen LogP contribution in [0.1, 0.15) is 39.5 Å². The Morgan fingerprint density at radius 3 is 2.87 bits per heavy atom. The summed E-state index contributed by atoms with van der Waals surface area (Å²) in [6, 6.07) is 3.83. The summed E-state index contributed by atoms with van der Waals surface area (Å²) in [5.74, 6) is 0.0532. The molecule has 0 radical (unpaired) electrons. The second kappa shape index (κ2) is 8.07. The average molecular weight is 425 g/mol. The molecule has 0 fully saturated rings. The molecule has 0 aliphatic carbocycles. The lowest BCUT2D eigenvalue weighted by Gasteiger charge is -2.11. The van der Waals surface area contributed by atoms with Crippen LogP contribution in [-0.2, 0) is 22.6 Å². The van der Waals surface area contributed by atoms with E-state index >= 15 is 0 Å². The molecule has 10 heteroatoms. The molecule has 0 saturated heterocycles. The molecule has 0 spiro atoms. The van der Waals surface area contributed by atoms with Crippen LogP contribution in [0.2, 0.25) is 0 Å². The van der Waals surface area contributed by atoms with Crippen LogP contribution in [0, 0.1) is 13.8 Å². The molecular formula is C20H19N5O4S.